The van der Waals surface area contributed by atoms with Gasteiger partial charge in [0.25, 0.3) is 0 Å². The molecule has 1 atom stereocenters. The molecule has 0 aliphatic carbocycles. The minimum atomic E-state index is -1.99. The number of rotatable bonds is 3. The second-order valence-corrected chi connectivity index (χ2v) is 2.34. The molecule has 0 saturated heterocycles. The van der Waals surface area contributed by atoms with E-state index in [2.05, 4.69) is 13.5 Å². The van der Waals surface area contributed by atoms with E-state index in [1.54, 1.807) is 0 Å². The summed E-state index contributed by atoms with van der Waals surface area (Å²) in [5.74, 6) is 0.0451. The fraction of sp³-hybridized carbons (Fsp3) is 0.400. The van der Waals surface area contributed by atoms with Crippen molar-refractivity contribution in [1.29, 1.82) is 0 Å². The zero-order valence-corrected chi connectivity index (χ0v) is 5.37. The van der Waals surface area contributed by atoms with E-state index in [9.17, 15) is 8.76 Å². The van der Waals surface area contributed by atoms with Crippen LogP contribution in [0.15, 0.2) is 12.2 Å². The monoisotopic (exact) mass is 132 g/mol. The molecule has 0 heterocycles. The highest BCUT2D eigenvalue weighted by molar-refractivity contribution is 7.79. The quantitative estimate of drug-likeness (QED) is 0.321. The third-order valence-corrected chi connectivity index (χ3v) is 1.32. The Kier molecular flexibility index (Phi) is 3.56. The molecule has 0 saturated carbocycles. The first-order valence-corrected chi connectivity index (χ1v) is 3.43. The molecule has 8 heavy (non-hydrogen) atoms. The summed E-state index contributed by atoms with van der Waals surface area (Å²) in [5.41, 5.74) is 0.651. The van der Waals surface area contributed by atoms with Crippen LogP contribution in [0.25, 0.3) is 0 Å². The molecule has 3 heteroatoms. The molecule has 0 rings (SSSR count). The van der Waals surface area contributed by atoms with Gasteiger partial charge in [0.2, 0.25) is 0 Å². The molecule has 0 aliphatic rings. The van der Waals surface area contributed by atoms with Crippen molar-refractivity contribution in [2.45, 2.75) is 6.42 Å². The summed E-state index contributed by atoms with van der Waals surface area (Å²) in [6, 6.07) is 0. The molecule has 0 radical (unpaired) electrons. The average Bonchev–Trinajstić information content (AvgIpc) is 1.65. The van der Waals surface area contributed by atoms with Crippen LogP contribution in [0.1, 0.15) is 6.42 Å². The van der Waals surface area contributed by atoms with Gasteiger partial charge in [0.05, 0.1) is 6.92 Å². The van der Waals surface area contributed by atoms with Crippen molar-refractivity contribution in [3.8, 4) is 0 Å². The fourth-order valence-electron chi connectivity index (χ4n) is 0.239. The molecule has 0 amide bonds. The Morgan fingerprint density at radius 2 is 2.38 bits per heavy atom. The van der Waals surface area contributed by atoms with Gasteiger partial charge in [-0.25, -0.2) is 0 Å². The summed E-state index contributed by atoms with van der Waals surface area (Å²) in [5, 5.41) is 0. The fourth-order valence-corrected chi connectivity index (χ4v) is 0.717. The van der Waals surface area contributed by atoms with Crippen LogP contribution in [0.4, 0.5) is 0 Å². The molecule has 0 aromatic heterocycles. The Hall–Kier alpha value is -0.280. The maximum Gasteiger partial charge on any atom is 0.107 e. The molecular formula is C5H8O2S. The van der Waals surface area contributed by atoms with Gasteiger partial charge in [-0.2, -0.15) is 0 Å². The van der Waals surface area contributed by atoms with Crippen LogP contribution in [-0.2, 0) is 11.1 Å². The first-order chi connectivity index (χ1) is 3.66. The average molecular weight is 132 g/mol. The molecule has 0 spiro atoms. The van der Waals surface area contributed by atoms with E-state index in [-0.39, 0.29) is 5.75 Å². The minimum absolute atomic E-state index is 0.0451. The lowest BCUT2D eigenvalue weighted by Gasteiger charge is -2.01. The van der Waals surface area contributed by atoms with Gasteiger partial charge in [-0.3, -0.25) is 4.21 Å². The van der Waals surface area contributed by atoms with Gasteiger partial charge in [0, 0.05) is 5.75 Å². The standard InChI is InChI=1S/C5H8O2S/c1-3-5(2)4-8(6)7/h1-4H2. The van der Waals surface area contributed by atoms with Gasteiger partial charge in [0.15, 0.2) is 0 Å². The smallest absolute Gasteiger partial charge is 0.107 e. The van der Waals surface area contributed by atoms with Crippen molar-refractivity contribution in [2.75, 3.05) is 5.75 Å². The molecule has 0 aromatic carbocycles. The van der Waals surface area contributed by atoms with Crippen LogP contribution in [-0.4, -0.2) is 14.5 Å². The lowest BCUT2D eigenvalue weighted by molar-refractivity contribution is 0.539. The summed E-state index contributed by atoms with van der Waals surface area (Å²) in [6.45, 7) is 6.92. The van der Waals surface area contributed by atoms with E-state index in [1.165, 1.54) is 0 Å². The van der Waals surface area contributed by atoms with E-state index in [0.29, 0.717) is 12.0 Å². The Labute approximate surface area is 51.9 Å². The summed E-state index contributed by atoms with van der Waals surface area (Å²) in [6.07, 6.45) is 0.494. The minimum Gasteiger partial charge on any atom is -0.772 e. The van der Waals surface area contributed by atoms with Crippen LogP contribution >= 0.6 is 0 Å². The third-order valence-electron chi connectivity index (χ3n) is 0.676. The van der Waals surface area contributed by atoms with E-state index in [0.717, 1.165) is 0 Å². The maximum atomic E-state index is 9.88. The second kappa shape index (κ2) is 3.69. The summed E-state index contributed by atoms with van der Waals surface area (Å²) >= 11 is -1.99. The van der Waals surface area contributed by atoms with Gasteiger partial charge in [-0.05, 0) is 5.57 Å². The number of hydrogen-bond acceptors (Lipinski definition) is 2. The Bertz CT molecular complexity index is 109. The normalized spacial score (nSPS) is 13.1. The van der Waals surface area contributed by atoms with Crippen molar-refractivity contribution in [3.05, 3.63) is 19.1 Å². The maximum absolute atomic E-state index is 9.88. The highest BCUT2D eigenvalue weighted by Crippen LogP contribution is 1.95. The van der Waals surface area contributed by atoms with E-state index >= 15 is 0 Å². The van der Waals surface area contributed by atoms with E-state index < -0.39 is 11.1 Å². The zero-order chi connectivity index (χ0) is 6.57. The molecule has 0 fully saturated rings. The van der Waals surface area contributed by atoms with Gasteiger partial charge in [-0.15, -0.1) is 0 Å². The number of hydrogen-bond donors (Lipinski definition) is 0. The van der Waals surface area contributed by atoms with Crippen molar-refractivity contribution in [1.82, 2.24) is 0 Å². The van der Waals surface area contributed by atoms with Gasteiger partial charge < -0.3 is 4.55 Å². The summed E-state index contributed by atoms with van der Waals surface area (Å²) in [4.78, 5) is 0. The van der Waals surface area contributed by atoms with Crippen LogP contribution in [0, 0.1) is 6.92 Å². The van der Waals surface area contributed by atoms with Crippen LogP contribution in [0.3, 0.4) is 0 Å². The SMILES string of the molecule is C=C(C[CH2+])CS(=O)[O-]. The van der Waals surface area contributed by atoms with Gasteiger partial charge in [0.1, 0.15) is 6.42 Å². The molecule has 0 N–H and O–H groups in total. The predicted molar refractivity (Wildman–Crippen MR) is 32.9 cm³/mol. The zero-order valence-electron chi connectivity index (χ0n) is 4.55. The molecule has 0 aromatic rings. The summed E-state index contributed by atoms with van der Waals surface area (Å²) < 4.78 is 19.8. The van der Waals surface area contributed by atoms with Gasteiger partial charge >= 0.3 is 0 Å². The van der Waals surface area contributed by atoms with Crippen LogP contribution < -0.4 is 0 Å². The molecule has 1 unspecified atom stereocenters. The third kappa shape index (κ3) is 3.89. The molecule has 2 nitrogen and oxygen atoms in total. The molecular weight excluding hydrogens is 124 g/mol. The first-order valence-electron chi connectivity index (χ1n) is 2.18. The predicted octanol–water partition coefficient (Wildman–Crippen LogP) is 0.646. The van der Waals surface area contributed by atoms with Crippen LogP contribution in [0.2, 0.25) is 0 Å². The topological polar surface area (TPSA) is 40.1 Å². The highest BCUT2D eigenvalue weighted by Gasteiger charge is 1.91. The Morgan fingerprint density at radius 3 is 2.50 bits per heavy atom. The molecule has 0 bridgehead atoms. The lowest BCUT2D eigenvalue weighted by Crippen LogP contribution is -1.96. The Balaban J connectivity index is 3.40. The van der Waals surface area contributed by atoms with Crippen molar-refractivity contribution < 1.29 is 8.76 Å². The van der Waals surface area contributed by atoms with Crippen LogP contribution in [0.5, 0.6) is 0 Å². The van der Waals surface area contributed by atoms with Gasteiger partial charge in [-0.1, -0.05) is 17.7 Å². The first kappa shape index (κ1) is 7.72. The second-order valence-electron chi connectivity index (χ2n) is 1.45. The summed E-state index contributed by atoms with van der Waals surface area (Å²) in [7, 11) is 0. The van der Waals surface area contributed by atoms with Crippen molar-refractivity contribution in [2.24, 2.45) is 0 Å². The van der Waals surface area contributed by atoms with E-state index in [4.69, 9.17) is 0 Å². The van der Waals surface area contributed by atoms with E-state index in [1.807, 2.05) is 0 Å². The molecule has 46 valence electrons. The molecule has 0 aliphatic heterocycles. The Morgan fingerprint density at radius 1 is 1.88 bits per heavy atom. The lowest BCUT2D eigenvalue weighted by atomic mass is 10.3. The highest BCUT2D eigenvalue weighted by atomic mass is 32.2. The van der Waals surface area contributed by atoms with Crippen molar-refractivity contribution in [3.63, 3.8) is 0 Å². The largest absolute Gasteiger partial charge is 0.772 e. The van der Waals surface area contributed by atoms with Crippen molar-refractivity contribution >= 4 is 11.1 Å².